The molecule has 2 heterocycles. The molecule has 1 aromatic carbocycles. The molecule has 25 heavy (non-hydrogen) atoms. The largest absolute Gasteiger partial charge is 0.356 e. The highest BCUT2D eigenvalue weighted by Crippen LogP contribution is 2.28. The Morgan fingerprint density at radius 2 is 2.00 bits per heavy atom. The van der Waals surface area contributed by atoms with Crippen molar-refractivity contribution < 1.29 is 4.79 Å². The number of rotatable bonds is 5. The number of carbonyl (C=O) groups excluding carboxylic acids is 1. The summed E-state index contributed by atoms with van der Waals surface area (Å²) in [5.41, 5.74) is 1.01. The molecule has 0 bridgehead atoms. The molecule has 0 unspecified atom stereocenters. The topological polar surface area (TPSA) is 58.1 Å². The average Bonchev–Trinajstić information content (AvgIpc) is 3.51. The smallest absolute Gasteiger partial charge is 0.224 e. The molecule has 2 aliphatic rings. The van der Waals surface area contributed by atoms with Gasteiger partial charge in [-0.05, 0) is 37.7 Å². The number of anilines is 1. The highest BCUT2D eigenvalue weighted by molar-refractivity contribution is 5.79. The summed E-state index contributed by atoms with van der Waals surface area (Å²) >= 11 is 0. The second-order valence-electron chi connectivity index (χ2n) is 7.08. The van der Waals surface area contributed by atoms with Gasteiger partial charge in [-0.15, -0.1) is 0 Å². The molecule has 1 saturated heterocycles. The number of amides is 1. The van der Waals surface area contributed by atoms with Gasteiger partial charge in [0.25, 0.3) is 0 Å². The summed E-state index contributed by atoms with van der Waals surface area (Å²) in [6.07, 6.45) is 6.32. The Labute approximate surface area is 148 Å². The predicted molar refractivity (Wildman–Crippen MR) is 98.1 cm³/mol. The lowest BCUT2D eigenvalue weighted by Gasteiger charge is -2.33. The van der Waals surface area contributed by atoms with Crippen LogP contribution < -0.4 is 10.2 Å². The van der Waals surface area contributed by atoms with Crippen molar-refractivity contribution in [3.63, 3.8) is 0 Å². The van der Waals surface area contributed by atoms with Gasteiger partial charge in [-0.1, -0.05) is 30.3 Å². The Bertz CT molecular complexity index is 729. The van der Waals surface area contributed by atoms with Gasteiger partial charge in [0.15, 0.2) is 5.82 Å². The van der Waals surface area contributed by atoms with Gasteiger partial charge in [-0.2, -0.15) is 0 Å². The minimum Gasteiger partial charge on any atom is -0.356 e. The van der Waals surface area contributed by atoms with Gasteiger partial charge >= 0.3 is 0 Å². The molecule has 1 aliphatic heterocycles. The fourth-order valence-corrected chi connectivity index (χ4v) is 3.36. The maximum absolute atomic E-state index is 12.4. The minimum absolute atomic E-state index is 0.0580. The lowest BCUT2D eigenvalue weighted by molar-refractivity contribution is -0.125. The summed E-state index contributed by atoms with van der Waals surface area (Å²) in [6.45, 7) is 2.53. The second kappa shape index (κ2) is 7.21. The van der Waals surface area contributed by atoms with Crippen LogP contribution in [-0.2, 0) is 4.79 Å². The fourth-order valence-electron chi connectivity index (χ4n) is 3.36. The van der Waals surface area contributed by atoms with Crippen molar-refractivity contribution >= 4 is 11.7 Å². The minimum atomic E-state index is 0.0580. The second-order valence-corrected chi connectivity index (χ2v) is 7.08. The zero-order valence-corrected chi connectivity index (χ0v) is 14.4. The van der Waals surface area contributed by atoms with Crippen LogP contribution in [-0.4, -0.2) is 35.5 Å². The molecule has 1 aliphatic carbocycles. The number of benzene rings is 1. The summed E-state index contributed by atoms with van der Waals surface area (Å²) in [7, 11) is 0. The van der Waals surface area contributed by atoms with E-state index in [2.05, 4.69) is 15.2 Å². The third-order valence-electron chi connectivity index (χ3n) is 5.05. The van der Waals surface area contributed by atoms with Crippen LogP contribution in [0.2, 0.25) is 0 Å². The van der Waals surface area contributed by atoms with E-state index in [1.165, 1.54) is 12.8 Å². The molecule has 130 valence electrons. The molecule has 1 aromatic heterocycles. The lowest BCUT2D eigenvalue weighted by atomic mass is 9.97. The van der Waals surface area contributed by atoms with Crippen LogP contribution >= 0.6 is 0 Å². The molecule has 5 heteroatoms. The van der Waals surface area contributed by atoms with Gasteiger partial charge < -0.3 is 10.2 Å². The van der Waals surface area contributed by atoms with Gasteiger partial charge in [0.1, 0.15) is 5.82 Å². The Hall–Kier alpha value is -2.43. The van der Waals surface area contributed by atoms with Crippen LogP contribution in [0.25, 0.3) is 11.4 Å². The average molecular weight is 336 g/mol. The number of carbonyl (C=O) groups is 1. The van der Waals surface area contributed by atoms with Crippen LogP contribution in [0.15, 0.2) is 42.6 Å². The number of nitrogens with zero attached hydrogens (tertiary/aromatic N) is 3. The first kappa shape index (κ1) is 16.1. The van der Waals surface area contributed by atoms with Gasteiger partial charge in [-0.3, -0.25) is 4.79 Å². The first-order valence-corrected chi connectivity index (χ1v) is 9.21. The first-order valence-electron chi connectivity index (χ1n) is 9.21. The monoisotopic (exact) mass is 336 g/mol. The molecule has 2 fully saturated rings. The third kappa shape index (κ3) is 3.98. The lowest BCUT2D eigenvalue weighted by Crippen LogP contribution is -2.43. The summed E-state index contributed by atoms with van der Waals surface area (Å²) in [5, 5.41) is 3.13. The summed E-state index contributed by atoms with van der Waals surface area (Å²) in [4.78, 5) is 23.8. The van der Waals surface area contributed by atoms with E-state index in [1.807, 2.05) is 36.4 Å². The van der Waals surface area contributed by atoms with E-state index >= 15 is 0 Å². The molecule has 1 amide bonds. The van der Waals surface area contributed by atoms with E-state index in [9.17, 15) is 4.79 Å². The van der Waals surface area contributed by atoms with E-state index < -0.39 is 0 Å². The zero-order chi connectivity index (χ0) is 17.1. The fraction of sp³-hybridized carbons (Fsp3) is 0.450. The van der Waals surface area contributed by atoms with E-state index in [1.54, 1.807) is 6.20 Å². The Morgan fingerprint density at radius 1 is 1.16 bits per heavy atom. The first-order chi connectivity index (χ1) is 12.3. The maximum Gasteiger partial charge on any atom is 0.224 e. The number of hydrogen-bond donors (Lipinski definition) is 1. The van der Waals surface area contributed by atoms with Crippen LogP contribution in [0.4, 0.5) is 5.82 Å². The molecule has 1 atom stereocenters. The van der Waals surface area contributed by atoms with Crippen LogP contribution in [0, 0.1) is 11.8 Å². The van der Waals surface area contributed by atoms with Crippen molar-refractivity contribution in [2.24, 2.45) is 11.8 Å². The Balaban J connectivity index is 1.44. The zero-order valence-electron chi connectivity index (χ0n) is 14.4. The van der Waals surface area contributed by atoms with Crippen LogP contribution in [0.3, 0.4) is 0 Å². The van der Waals surface area contributed by atoms with Gasteiger partial charge in [0.2, 0.25) is 5.91 Å². The van der Waals surface area contributed by atoms with Crippen molar-refractivity contribution in [1.82, 2.24) is 15.3 Å². The van der Waals surface area contributed by atoms with E-state index in [0.29, 0.717) is 0 Å². The Kier molecular flexibility index (Phi) is 4.63. The molecule has 1 saturated carbocycles. The number of aromatic nitrogens is 2. The van der Waals surface area contributed by atoms with Gasteiger partial charge in [-0.25, -0.2) is 9.97 Å². The van der Waals surface area contributed by atoms with Crippen LogP contribution in [0.5, 0.6) is 0 Å². The molecule has 0 spiro atoms. The number of piperidine rings is 1. The molecule has 0 radical (unpaired) electrons. The van der Waals surface area contributed by atoms with E-state index in [4.69, 9.17) is 4.98 Å². The molecule has 1 N–H and O–H groups in total. The maximum atomic E-state index is 12.4. The van der Waals surface area contributed by atoms with Crippen molar-refractivity contribution in [2.75, 3.05) is 24.5 Å². The van der Waals surface area contributed by atoms with Crippen molar-refractivity contribution in [1.29, 1.82) is 0 Å². The summed E-state index contributed by atoms with van der Waals surface area (Å²) < 4.78 is 0. The standard InChI is InChI=1S/C20H24N4O/c25-20(22-13-15-8-9-15)17-7-4-12-24(14-17)18-10-11-21-19(23-18)16-5-2-1-3-6-16/h1-3,5-6,10-11,15,17H,4,7-9,12-14H2,(H,22,25)/t17-/m1/s1. The molecule has 2 aromatic rings. The van der Waals surface area contributed by atoms with Crippen LogP contribution in [0.1, 0.15) is 25.7 Å². The van der Waals surface area contributed by atoms with Gasteiger partial charge in [0, 0.05) is 31.4 Å². The highest BCUT2D eigenvalue weighted by Gasteiger charge is 2.28. The normalized spacial score (nSPS) is 20.3. The molecule has 5 nitrogen and oxygen atoms in total. The van der Waals surface area contributed by atoms with Crippen molar-refractivity contribution in [3.8, 4) is 11.4 Å². The SMILES string of the molecule is O=C(NCC1CC1)[C@@H]1CCCN(c2ccnc(-c3ccccc3)n2)C1. The predicted octanol–water partition coefficient (Wildman–Crippen LogP) is 2.89. The molecular weight excluding hydrogens is 312 g/mol. The quantitative estimate of drug-likeness (QED) is 0.912. The van der Waals surface area contributed by atoms with Crippen molar-refractivity contribution in [2.45, 2.75) is 25.7 Å². The summed E-state index contributed by atoms with van der Waals surface area (Å²) in [6, 6.07) is 12.0. The van der Waals surface area contributed by atoms with E-state index in [0.717, 1.165) is 55.6 Å². The Morgan fingerprint density at radius 3 is 2.80 bits per heavy atom. The third-order valence-corrected chi connectivity index (χ3v) is 5.05. The number of hydrogen-bond acceptors (Lipinski definition) is 4. The van der Waals surface area contributed by atoms with E-state index in [-0.39, 0.29) is 11.8 Å². The highest BCUT2D eigenvalue weighted by atomic mass is 16.1. The summed E-state index contributed by atoms with van der Waals surface area (Å²) in [5.74, 6) is 2.63. The molecular formula is C20H24N4O. The number of nitrogens with one attached hydrogen (secondary N) is 1. The van der Waals surface area contributed by atoms with Crippen molar-refractivity contribution in [3.05, 3.63) is 42.6 Å². The molecule has 4 rings (SSSR count). The van der Waals surface area contributed by atoms with Gasteiger partial charge in [0.05, 0.1) is 5.92 Å².